The third-order valence-electron chi connectivity index (χ3n) is 15.7. The number of thioether (sulfide) groups is 1. The van der Waals surface area contributed by atoms with Gasteiger partial charge in [0.15, 0.2) is 5.96 Å². The van der Waals surface area contributed by atoms with Crippen molar-refractivity contribution in [1.82, 2.24) is 57.5 Å². The number of aliphatic imine (C=N–C) groups is 1. The summed E-state index contributed by atoms with van der Waals surface area (Å²) in [6.07, 6.45) is 9.44. The first kappa shape index (κ1) is 73.9. The predicted molar refractivity (Wildman–Crippen MR) is 355 cm³/mol. The molecular weight excluding hydrogens is 1200 g/mol. The number of para-hydroxylation sites is 1. The summed E-state index contributed by atoms with van der Waals surface area (Å²) in [6.45, 7) is 4.41. The number of unbranched alkanes of at least 4 members (excludes halogenated alkanes) is 2. The summed E-state index contributed by atoms with van der Waals surface area (Å²) in [4.78, 5) is 143. The fraction of sp³-hybridized carbons (Fsp3) is 0.484. The molecule has 22 N–H and O–H groups in total. The third kappa shape index (κ3) is 24.7. The number of amides is 9. The van der Waals surface area contributed by atoms with Crippen molar-refractivity contribution in [3.63, 3.8) is 0 Å². The number of nitrogens with one attached hydrogen (secondary N) is 10. The number of nitrogens with two attached hydrogens (primary N) is 6. The van der Waals surface area contributed by atoms with Crippen LogP contribution in [0.1, 0.15) is 100 Å². The zero-order chi connectivity index (χ0) is 67.0. The molecule has 0 aliphatic carbocycles. The lowest BCUT2D eigenvalue weighted by molar-refractivity contribution is -0.136. The van der Waals surface area contributed by atoms with E-state index in [0.717, 1.165) is 10.9 Å². The lowest BCUT2D eigenvalue weighted by Gasteiger charge is -2.30. The molecule has 0 spiro atoms. The Morgan fingerprint density at radius 3 is 1.52 bits per heavy atom. The van der Waals surface area contributed by atoms with E-state index < -0.39 is 113 Å². The van der Waals surface area contributed by atoms with E-state index in [2.05, 4.69) is 62.5 Å². The van der Waals surface area contributed by atoms with Gasteiger partial charge in [0.2, 0.25) is 53.2 Å². The van der Waals surface area contributed by atoms with E-state index in [0.29, 0.717) is 73.2 Å². The van der Waals surface area contributed by atoms with Gasteiger partial charge in [-0.2, -0.15) is 11.8 Å². The van der Waals surface area contributed by atoms with Gasteiger partial charge in [0.05, 0.1) is 12.4 Å². The van der Waals surface area contributed by atoms with Crippen LogP contribution in [-0.2, 0) is 68.8 Å². The van der Waals surface area contributed by atoms with E-state index in [1.54, 1.807) is 73.8 Å². The molecular formula is C64H94N18O9S. The largest absolute Gasteiger partial charge is 0.370 e. The second-order valence-corrected chi connectivity index (χ2v) is 23.8. The van der Waals surface area contributed by atoms with Crippen LogP contribution in [0.15, 0.2) is 109 Å². The normalized spacial score (nSPS) is 14.5. The zero-order valence-corrected chi connectivity index (χ0v) is 53.6. The van der Waals surface area contributed by atoms with E-state index in [4.69, 9.17) is 34.4 Å². The molecule has 0 aliphatic rings. The minimum atomic E-state index is -1.40. The molecule has 0 radical (unpaired) electrons. The molecule has 5 rings (SSSR count). The first-order valence-electron chi connectivity index (χ1n) is 31.3. The maximum Gasteiger partial charge on any atom is 0.243 e. The van der Waals surface area contributed by atoms with Gasteiger partial charge in [0.1, 0.15) is 48.3 Å². The average Bonchev–Trinajstić information content (AvgIpc) is 2.54. The smallest absolute Gasteiger partial charge is 0.243 e. The van der Waals surface area contributed by atoms with Crippen LogP contribution in [-0.4, -0.2) is 160 Å². The Kier molecular flexibility index (Phi) is 31.6. The Morgan fingerprint density at radius 2 is 1.01 bits per heavy atom. The van der Waals surface area contributed by atoms with Gasteiger partial charge in [0.25, 0.3) is 0 Å². The van der Waals surface area contributed by atoms with Crippen molar-refractivity contribution in [3.8, 4) is 0 Å². The van der Waals surface area contributed by atoms with Gasteiger partial charge in [-0.15, -0.1) is 0 Å². The van der Waals surface area contributed by atoms with Gasteiger partial charge < -0.3 is 86.9 Å². The summed E-state index contributed by atoms with van der Waals surface area (Å²) in [5.74, 6) is -6.65. The number of rotatable bonds is 42. The number of nitrogens with zero attached hydrogens (tertiary/aromatic N) is 2. The SMILES string of the molecule is CC[C@H](C)[C@H](NC(=O)[C@@H](Cc1ccccc1)NC(=O)[C@@H](Cc1c[nH]c2ccccc12)NC(=O)[C@@H](N)CCCN=C(N)N)C(=O)N[C@H](Cc1ccccc1)C(=O)N[C@@H](Cc1cnc[nH]1)C(=O)N[C@@H](CCCCN)C(=O)N[C@@H](CCCCN)C(=O)N[C@@H](CCSC)C(N)=O. The summed E-state index contributed by atoms with van der Waals surface area (Å²) < 4.78 is 0. The standard InChI is InChI=1S/C64H94N18O9S/c1-4-39(2)54(82-62(90)51(33-41-20-9-6-10-21-41)79-60(88)52(34-42-36-73-46-24-12-11-22-44(42)46)78-56(84)45(67)23-17-30-72-64(69)70)63(91)81-50(32-40-18-7-5-8-19-40)59(87)80-53(35-43-37-71-38-74-43)61(89)77-49(26-14-16-29-66)58(86)76-48(25-13-15-28-65)57(85)75-47(55(68)83)27-31-92-3/h5-12,18-22,24,36-39,45,47-54,73H,4,13-17,23,25-35,65-67H2,1-3H3,(H2,68,83)(H,71,74)(H,75,85)(H,76,86)(H,77,89)(H,78,84)(H,79,88)(H,80,87)(H,81,91)(H,82,90)(H4,69,70,72)/t39-,45-,47-,48-,49-,50+,51+,52+,53-,54-/m0/s1. The number of carbonyl (C=O) groups is 9. The minimum Gasteiger partial charge on any atom is -0.370 e. The third-order valence-corrected chi connectivity index (χ3v) is 16.3. The Morgan fingerprint density at radius 1 is 0.533 bits per heavy atom. The summed E-state index contributed by atoms with van der Waals surface area (Å²) in [5, 5.41) is 23.3. The lowest BCUT2D eigenvalue weighted by Crippen LogP contribution is -2.62. The zero-order valence-electron chi connectivity index (χ0n) is 52.8. The molecule has 92 heavy (non-hydrogen) atoms. The number of guanidine groups is 1. The van der Waals surface area contributed by atoms with Crippen molar-refractivity contribution < 1.29 is 43.2 Å². The number of fused-ring (bicyclic) bond motifs is 1. The highest BCUT2D eigenvalue weighted by molar-refractivity contribution is 7.98. The Hall–Kier alpha value is -8.86. The monoisotopic (exact) mass is 1290 g/mol. The number of benzene rings is 3. The van der Waals surface area contributed by atoms with Crippen molar-refractivity contribution >= 4 is 81.8 Å². The van der Waals surface area contributed by atoms with Crippen molar-refractivity contribution in [2.45, 2.75) is 158 Å². The van der Waals surface area contributed by atoms with Crippen molar-refractivity contribution in [3.05, 3.63) is 126 Å². The maximum atomic E-state index is 15.0. The van der Waals surface area contributed by atoms with E-state index in [1.807, 2.05) is 37.4 Å². The second-order valence-electron chi connectivity index (χ2n) is 22.8. The molecule has 0 bridgehead atoms. The van der Waals surface area contributed by atoms with Gasteiger partial charge >= 0.3 is 0 Å². The van der Waals surface area contributed by atoms with Crippen molar-refractivity contribution in [2.75, 3.05) is 31.6 Å². The van der Waals surface area contributed by atoms with Gasteiger partial charge in [-0.05, 0) is 112 Å². The van der Waals surface area contributed by atoms with Crippen LogP contribution in [0, 0.1) is 5.92 Å². The van der Waals surface area contributed by atoms with E-state index in [-0.39, 0.29) is 70.4 Å². The van der Waals surface area contributed by atoms with Gasteiger partial charge in [0, 0.05) is 61.2 Å². The molecule has 27 nitrogen and oxygen atoms in total. The highest BCUT2D eigenvalue weighted by Crippen LogP contribution is 2.21. The van der Waals surface area contributed by atoms with Crippen LogP contribution >= 0.6 is 11.8 Å². The minimum absolute atomic E-state index is 0.00370. The van der Waals surface area contributed by atoms with Crippen LogP contribution in [0.5, 0.6) is 0 Å². The molecule has 2 heterocycles. The molecule has 2 aromatic heterocycles. The number of hydrogen-bond donors (Lipinski definition) is 16. The fourth-order valence-corrected chi connectivity index (χ4v) is 10.7. The van der Waals surface area contributed by atoms with Crippen LogP contribution in [0.3, 0.4) is 0 Å². The molecule has 5 aromatic rings. The summed E-state index contributed by atoms with van der Waals surface area (Å²) in [7, 11) is 0. The molecule has 3 aromatic carbocycles. The number of carbonyl (C=O) groups excluding carboxylic acids is 9. The molecule has 0 saturated carbocycles. The van der Waals surface area contributed by atoms with Crippen LogP contribution in [0.4, 0.5) is 0 Å². The molecule has 0 fully saturated rings. The van der Waals surface area contributed by atoms with Crippen LogP contribution in [0.2, 0.25) is 0 Å². The lowest BCUT2D eigenvalue weighted by atomic mass is 9.96. The van der Waals surface area contributed by atoms with Crippen LogP contribution in [0.25, 0.3) is 10.9 Å². The van der Waals surface area contributed by atoms with Crippen molar-refractivity contribution in [1.29, 1.82) is 0 Å². The number of primary amides is 1. The first-order chi connectivity index (χ1) is 44.2. The average molecular weight is 1290 g/mol. The molecule has 28 heteroatoms. The number of aromatic nitrogens is 3. The molecule has 9 amide bonds. The molecule has 0 aliphatic heterocycles. The molecule has 0 unspecified atom stereocenters. The summed E-state index contributed by atoms with van der Waals surface area (Å²) >= 11 is 1.47. The first-order valence-corrected chi connectivity index (χ1v) is 32.7. The number of hydrogen-bond acceptors (Lipinski definition) is 15. The quantitative estimate of drug-likeness (QED) is 0.0139. The Bertz CT molecular complexity index is 3170. The highest BCUT2D eigenvalue weighted by Gasteiger charge is 2.37. The highest BCUT2D eigenvalue weighted by atomic mass is 32.2. The maximum absolute atomic E-state index is 15.0. The molecule has 10 atom stereocenters. The van der Waals surface area contributed by atoms with E-state index in [1.165, 1.54) is 24.3 Å². The number of H-pyrrole nitrogens is 2. The van der Waals surface area contributed by atoms with Gasteiger partial charge in [-0.25, -0.2) is 4.98 Å². The fourth-order valence-electron chi connectivity index (χ4n) is 10.2. The van der Waals surface area contributed by atoms with E-state index >= 15 is 0 Å². The molecule has 0 saturated heterocycles. The predicted octanol–water partition coefficient (Wildman–Crippen LogP) is -0.0366. The molecule has 500 valence electrons. The van der Waals surface area contributed by atoms with Crippen molar-refractivity contribution in [2.24, 2.45) is 45.3 Å². The Balaban J connectivity index is 1.43. The summed E-state index contributed by atoms with van der Waals surface area (Å²) in [6, 6.07) is 14.1. The summed E-state index contributed by atoms with van der Waals surface area (Å²) in [5.41, 5.74) is 37.8. The van der Waals surface area contributed by atoms with Gasteiger partial charge in [-0.1, -0.05) is 99.1 Å². The Labute approximate surface area is 541 Å². The second kappa shape index (κ2) is 39.4. The topological polar surface area (TPSA) is 463 Å². The van der Waals surface area contributed by atoms with Gasteiger partial charge in [-0.3, -0.25) is 48.1 Å². The van der Waals surface area contributed by atoms with E-state index in [9.17, 15) is 43.2 Å². The number of aromatic amines is 2. The number of imidazole rings is 1. The van der Waals surface area contributed by atoms with Crippen LogP contribution < -0.4 is 76.9 Å².